The molecule has 37 heavy (non-hydrogen) atoms. The van der Waals surface area contributed by atoms with Crippen LogP contribution in [-0.4, -0.2) is 47.4 Å². The van der Waals surface area contributed by atoms with E-state index in [0.717, 1.165) is 0 Å². The fourth-order valence-corrected chi connectivity index (χ4v) is 4.27. The summed E-state index contributed by atoms with van der Waals surface area (Å²) in [6, 6.07) is 13.8. The Hall–Kier alpha value is -4.99. The quantitative estimate of drug-likeness (QED) is 0.285. The molecule has 0 aliphatic rings. The van der Waals surface area contributed by atoms with Gasteiger partial charge in [0, 0.05) is 23.8 Å². The zero-order valence-corrected chi connectivity index (χ0v) is 20.5. The number of rotatable bonds is 6. The van der Waals surface area contributed by atoms with Gasteiger partial charge in [-0.2, -0.15) is 0 Å². The smallest absolute Gasteiger partial charge is 0.355 e. The molecule has 0 amide bonds. The Morgan fingerprint density at radius 3 is 2.46 bits per heavy atom. The number of aryl methyl sites for hydroxylation is 1. The fraction of sp³-hybridized carbons (Fsp3) is 0.148. The first-order valence-electron chi connectivity index (χ1n) is 11.2. The maximum atomic E-state index is 12.8. The monoisotopic (exact) mass is 501 g/mol. The van der Waals surface area contributed by atoms with Crippen molar-refractivity contribution in [2.75, 3.05) is 21.3 Å². The van der Waals surface area contributed by atoms with Crippen LogP contribution in [0.15, 0.2) is 57.7 Å². The molecule has 0 atom stereocenters. The zero-order chi connectivity index (χ0) is 26.3. The number of imidazole rings is 1. The molecular formula is C27H23N3O7. The molecule has 2 aromatic carbocycles. The molecule has 3 aromatic heterocycles. The van der Waals surface area contributed by atoms with E-state index in [-0.39, 0.29) is 23.0 Å². The van der Waals surface area contributed by atoms with Gasteiger partial charge in [-0.3, -0.25) is 4.79 Å². The SMILES string of the molecule is COC(=O)c1[nH]c2cc(OC)cc(OC)c2c1-c1nc(-c2ccccc2)c(-c2oc(C)cc(=O)c2O)[nH]1. The number of carbonyl (C=O) groups is 1. The van der Waals surface area contributed by atoms with Crippen molar-refractivity contribution < 1.29 is 28.5 Å². The summed E-state index contributed by atoms with van der Waals surface area (Å²) in [5.41, 5.74) is 1.81. The molecule has 0 radical (unpaired) electrons. The Labute approximate surface area is 210 Å². The van der Waals surface area contributed by atoms with Crippen molar-refractivity contribution in [1.29, 1.82) is 0 Å². The number of benzene rings is 2. The number of esters is 1. The van der Waals surface area contributed by atoms with Crippen LogP contribution in [0, 0.1) is 6.92 Å². The van der Waals surface area contributed by atoms with Crippen molar-refractivity contribution in [3.05, 3.63) is 70.2 Å². The minimum atomic E-state index is -0.628. The molecule has 3 N–H and O–H groups in total. The molecule has 5 aromatic rings. The summed E-state index contributed by atoms with van der Waals surface area (Å²) < 4.78 is 21.8. The summed E-state index contributed by atoms with van der Waals surface area (Å²) in [5, 5.41) is 11.2. The van der Waals surface area contributed by atoms with E-state index in [1.807, 2.05) is 30.3 Å². The van der Waals surface area contributed by atoms with Crippen LogP contribution in [0.3, 0.4) is 0 Å². The molecule has 10 nitrogen and oxygen atoms in total. The van der Waals surface area contributed by atoms with Crippen LogP contribution < -0.4 is 14.9 Å². The highest BCUT2D eigenvalue weighted by Crippen LogP contribution is 2.43. The standard InChI is InChI=1S/C27H23N3O7/c1-13-10-17(31)24(32)25(37-13)23-21(14-8-6-5-7-9-14)29-26(30-23)20-19-16(28-22(20)27(33)36-4)11-15(34-2)12-18(19)35-3/h5-12,28,32H,1-4H3,(H,29,30). The van der Waals surface area contributed by atoms with Gasteiger partial charge in [0.15, 0.2) is 5.76 Å². The van der Waals surface area contributed by atoms with E-state index in [1.165, 1.54) is 27.4 Å². The summed E-state index contributed by atoms with van der Waals surface area (Å²) >= 11 is 0. The van der Waals surface area contributed by atoms with Gasteiger partial charge in [-0.25, -0.2) is 9.78 Å². The number of H-pyrrole nitrogens is 2. The molecule has 10 heteroatoms. The first kappa shape index (κ1) is 23.7. The van der Waals surface area contributed by atoms with Gasteiger partial charge in [0.25, 0.3) is 0 Å². The van der Waals surface area contributed by atoms with Gasteiger partial charge in [-0.05, 0) is 6.92 Å². The molecule has 0 bridgehead atoms. The number of nitrogens with one attached hydrogen (secondary N) is 2. The lowest BCUT2D eigenvalue weighted by Crippen LogP contribution is -2.04. The van der Waals surface area contributed by atoms with E-state index < -0.39 is 17.1 Å². The van der Waals surface area contributed by atoms with E-state index in [0.29, 0.717) is 45.0 Å². The summed E-state index contributed by atoms with van der Waals surface area (Å²) in [7, 11) is 4.31. The maximum absolute atomic E-state index is 12.8. The molecule has 3 heterocycles. The molecule has 0 saturated heterocycles. The van der Waals surface area contributed by atoms with E-state index in [9.17, 15) is 14.7 Å². The summed E-state index contributed by atoms with van der Waals surface area (Å²) in [6.45, 7) is 1.61. The van der Waals surface area contributed by atoms with Gasteiger partial charge in [-0.15, -0.1) is 0 Å². The van der Waals surface area contributed by atoms with Crippen molar-refractivity contribution in [2.24, 2.45) is 0 Å². The highest BCUT2D eigenvalue weighted by Gasteiger charge is 2.28. The van der Waals surface area contributed by atoms with Crippen LogP contribution in [0.25, 0.3) is 45.0 Å². The zero-order valence-electron chi connectivity index (χ0n) is 20.5. The molecule has 0 unspecified atom stereocenters. The van der Waals surface area contributed by atoms with E-state index in [1.54, 1.807) is 19.1 Å². The predicted octanol–water partition coefficient (Wildman–Crippen LogP) is 4.66. The number of aromatic nitrogens is 3. The molecule has 188 valence electrons. The minimum Gasteiger partial charge on any atom is -0.501 e. The molecule has 0 saturated carbocycles. The number of hydrogen-bond acceptors (Lipinski definition) is 8. The van der Waals surface area contributed by atoms with Gasteiger partial charge in [0.2, 0.25) is 11.2 Å². The van der Waals surface area contributed by atoms with Gasteiger partial charge >= 0.3 is 5.97 Å². The Morgan fingerprint density at radius 1 is 1.03 bits per heavy atom. The van der Waals surface area contributed by atoms with Gasteiger partial charge in [-0.1, -0.05) is 30.3 Å². The summed E-state index contributed by atoms with van der Waals surface area (Å²) in [4.78, 5) is 36.3. The first-order chi connectivity index (χ1) is 17.9. The Bertz CT molecular complexity index is 1700. The van der Waals surface area contributed by atoms with Gasteiger partial charge < -0.3 is 33.7 Å². The maximum Gasteiger partial charge on any atom is 0.355 e. The average Bonchev–Trinajstić information content (AvgIpc) is 3.52. The Balaban J connectivity index is 1.88. The van der Waals surface area contributed by atoms with Crippen molar-refractivity contribution in [3.63, 3.8) is 0 Å². The number of carbonyl (C=O) groups excluding carboxylic acids is 1. The molecule has 0 aliphatic heterocycles. The van der Waals surface area contributed by atoms with Crippen LogP contribution in [0.1, 0.15) is 16.2 Å². The third kappa shape index (κ3) is 3.98. The number of hydrogen-bond donors (Lipinski definition) is 3. The summed E-state index contributed by atoms with van der Waals surface area (Å²) in [5.74, 6) is 0.251. The number of methoxy groups -OCH3 is 3. The topological polar surface area (TPSA) is 140 Å². The van der Waals surface area contributed by atoms with Crippen molar-refractivity contribution >= 4 is 16.9 Å². The van der Waals surface area contributed by atoms with Crippen molar-refractivity contribution in [3.8, 4) is 51.3 Å². The molecule has 0 fully saturated rings. The second-order valence-corrected chi connectivity index (χ2v) is 8.19. The second kappa shape index (κ2) is 9.23. The highest BCUT2D eigenvalue weighted by atomic mass is 16.5. The van der Waals surface area contributed by atoms with Crippen LogP contribution in [-0.2, 0) is 4.74 Å². The fourth-order valence-electron chi connectivity index (χ4n) is 4.27. The van der Waals surface area contributed by atoms with Gasteiger partial charge in [0.05, 0.1) is 37.8 Å². The Morgan fingerprint density at radius 2 is 1.78 bits per heavy atom. The lowest BCUT2D eigenvalue weighted by molar-refractivity contribution is 0.0596. The average molecular weight is 501 g/mol. The summed E-state index contributed by atoms with van der Waals surface area (Å²) in [6.07, 6.45) is 0. The third-order valence-corrected chi connectivity index (χ3v) is 5.94. The number of nitrogens with zero attached hydrogens (tertiary/aromatic N) is 1. The number of aromatic hydroxyl groups is 1. The predicted molar refractivity (Wildman–Crippen MR) is 136 cm³/mol. The first-order valence-corrected chi connectivity index (χ1v) is 11.2. The van der Waals surface area contributed by atoms with Crippen LogP contribution in [0.2, 0.25) is 0 Å². The van der Waals surface area contributed by atoms with Crippen LogP contribution in [0.5, 0.6) is 17.2 Å². The van der Waals surface area contributed by atoms with E-state index in [2.05, 4.69) is 9.97 Å². The molecule has 5 rings (SSSR count). The van der Waals surface area contributed by atoms with E-state index in [4.69, 9.17) is 23.6 Å². The van der Waals surface area contributed by atoms with Crippen molar-refractivity contribution in [2.45, 2.75) is 6.92 Å². The normalized spacial score (nSPS) is 11.0. The lowest BCUT2D eigenvalue weighted by Gasteiger charge is -2.07. The van der Waals surface area contributed by atoms with Crippen LogP contribution in [0.4, 0.5) is 0 Å². The van der Waals surface area contributed by atoms with Crippen LogP contribution >= 0.6 is 0 Å². The van der Waals surface area contributed by atoms with Crippen molar-refractivity contribution in [1.82, 2.24) is 15.0 Å². The van der Waals surface area contributed by atoms with Gasteiger partial charge in [0.1, 0.15) is 40.2 Å². The number of aromatic amines is 2. The highest BCUT2D eigenvalue weighted by molar-refractivity contribution is 6.10. The van der Waals surface area contributed by atoms with E-state index >= 15 is 0 Å². The Kier molecular flexibility index (Phi) is 5.92. The number of ether oxygens (including phenoxy) is 3. The third-order valence-electron chi connectivity index (χ3n) is 5.94. The second-order valence-electron chi connectivity index (χ2n) is 8.19. The molecular weight excluding hydrogens is 478 g/mol. The molecule has 0 spiro atoms. The number of fused-ring (bicyclic) bond motifs is 1. The largest absolute Gasteiger partial charge is 0.501 e. The lowest BCUT2D eigenvalue weighted by atomic mass is 10.1. The minimum absolute atomic E-state index is 0.0734. The molecule has 0 aliphatic carbocycles.